The molecule has 0 atom stereocenters. The predicted octanol–water partition coefficient (Wildman–Crippen LogP) is 3.17. The molecule has 0 spiro atoms. The first-order valence-corrected chi connectivity index (χ1v) is 7.68. The Bertz CT molecular complexity index is 240. The van der Waals surface area contributed by atoms with E-state index in [1.165, 1.54) is 38.8 Å². The smallest absolute Gasteiger partial charge is 0.410 e. The van der Waals surface area contributed by atoms with Crippen LogP contribution in [-0.2, 0) is 4.74 Å². The van der Waals surface area contributed by atoms with Gasteiger partial charge >= 0.3 is 6.09 Å². The van der Waals surface area contributed by atoms with Crippen molar-refractivity contribution in [2.24, 2.45) is 0 Å². The third-order valence-corrected chi connectivity index (χ3v) is 3.21. The second kappa shape index (κ2) is 8.41. The Morgan fingerprint density at radius 2 is 1.47 bits per heavy atom. The van der Waals surface area contributed by atoms with Crippen molar-refractivity contribution in [3.05, 3.63) is 0 Å². The minimum absolute atomic E-state index is 0.160. The van der Waals surface area contributed by atoms with Crippen LogP contribution in [0.25, 0.3) is 0 Å². The predicted molar refractivity (Wildman–Crippen MR) is 78.4 cm³/mol. The van der Waals surface area contributed by atoms with Crippen molar-refractivity contribution in [3.63, 3.8) is 0 Å². The molecule has 2 aliphatic rings. The lowest BCUT2D eigenvalue weighted by atomic mass is 10.1. The van der Waals surface area contributed by atoms with E-state index in [9.17, 15) is 4.79 Å². The molecule has 2 saturated heterocycles. The lowest BCUT2D eigenvalue weighted by molar-refractivity contribution is 0.0216. The zero-order valence-electron chi connectivity index (χ0n) is 12.8. The molecule has 2 heterocycles. The minimum atomic E-state index is -0.367. The SMILES string of the molecule is C1CCNCC1.CC(C)(C)OC(=O)N1CCCCC1. The van der Waals surface area contributed by atoms with Crippen molar-refractivity contribution in [3.8, 4) is 0 Å². The van der Waals surface area contributed by atoms with E-state index < -0.39 is 0 Å². The fourth-order valence-electron chi connectivity index (χ4n) is 2.20. The van der Waals surface area contributed by atoms with Gasteiger partial charge < -0.3 is 15.0 Å². The summed E-state index contributed by atoms with van der Waals surface area (Å²) in [5.74, 6) is 0. The summed E-state index contributed by atoms with van der Waals surface area (Å²) < 4.78 is 5.26. The summed E-state index contributed by atoms with van der Waals surface area (Å²) >= 11 is 0. The molecule has 19 heavy (non-hydrogen) atoms. The molecule has 0 saturated carbocycles. The van der Waals surface area contributed by atoms with Crippen molar-refractivity contribution in [2.75, 3.05) is 26.2 Å². The van der Waals surface area contributed by atoms with Crippen LogP contribution in [0.5, 0.6) is 0 Å². The van der Waals surface area contributed by atoms with Crippen molar-refractivity contribution >= 4 is 6.09 Å². The summed E-state index contributed by atoms with van der Waals surface area (Å²) in [6, 6.07) is 0. The maximum Gasteiger partial charge on any atom is 0.410 e. The third kappa shape index (κ3) is 8.09. The summed E-state index contributed by atoms with van der Waals surface area (Å²) in [4.78, 5) is 13.3. The number of rotatable bonds is 0. The molecule has 4 nitrogen and oxygen atoms in total. The summed E-state index contributed by atoms with van der Waals surface area (Å²) in [6.45, 7) is 9.91. The van der Waals surface area contributed by atoms with E-state index in [1.807, 2.05) is 20.8 Å². The molecule has 0 bridgehead atoms. The van der Waals surface area contributed by atoms with Crippen LogP contribution >= 0.6 is 0 Å². The van der Waals surface area contributed by atoms with Crippen LogP contribution in [0, 0.1) is 0 Å². The number of ether oxygens (including phenoxy) is 1. The van der Waals surface area contributed by atoms with E-state index in [0.717, 1.165) is 25.9 Å². The van der Waals surface area contributed by atoms with Gasteiger partial charge in [-0.3, -0.25) is 0 Å². The molecule has 0 aromatic heterocycles. The fraction of sp³-hybridized carbons (Fsp3) is 0.933. The molecule has 2 aliphatic heterocycles. The second-order valence-electron chi connectivity index (χ2n) is 6.34. The number of nitrogens with zero attached hydrogens (tertiary/aromatic N) is 1. The standard InChI is InChI=1S/C10H19NO2.C5H11N/c1-10(2,3)13-9(12)11-7-5-4-6-8-11;1-2-4-6-5-3-1/h4-8H2,1-3H3;6H,1-5H2. The molecule has 112 valence electrons. The van der Waals surface area contributed by atoms with Gasteiger partial charge in [0.05, 0.1) is 0 Å². The Kier molecular flexibility index (Phi) is 7.21. The highest BCUT2D eigenvalue weighted by Crippen LogP contribution is 2.14. The zero-order valence-corrected chi connectivity index (χ0v) is 12.8. The van der Waals surface area contributed by atoms with E-state index in [4.69, 9.17) is 4.74 Å². The highest BCUT2D eigenvalue weighted by atomic mass is 16.6. The molecular formula is C15H30N2O2. The summed E-state index contributed by atoms with van der Waals surface area (Å²) in [5, 5.41) is 3.28. The number of piperidine rings is 2. The topological polar surface area (TPSA) is 41.6 Å². The van der Waals surface area contributed by atoms with E-state index in [-0.39, 0.29) is 11.7 Å². The zero-order chi connectivity index (χ0) is 14.1. The Balaban J connectivity index is 0.000000250. The highest BCUT2D eigenvalue weighted by molar-refractivity contribution is 5.68. The Morgan fingerprint density at radius 3 is 1.84 bits per heavy atom. The average molecular weight is 270 g/mol. The second-order valence-corrected chi connectivity index (χ2v) is 6.34. The average Bonchev–Trinajstić information content (AvgIpc) is 2.40. The van der Waals surface area contributed by atoms with Crippen molar-refractivity contribution in [2.45, 2.75) is 64.9 Å². The molecule has 0 aromatic rings. The van der Waals surface area contributed by atoms with Gasteiger partial charge in [0.1, 0.15) is 5.60 Å². The van der Waals surface area contributed by atoms with Crippen LogP contribution in [0.1, 0.15) is 59.3 Å². The molecule has 0 radical (unpaired) electrons. The van der Waals surface area contributed by atoms with Gasteiger partial charge in [0.25, 0.3) is 0 Å². The number of hydrogen-bond donors (Lipinski definition) is 1. The van der Waals surface area contributed by atoms with Crippen LogP contribution in [-0.4, -0.2) is 42.8 Å². The number of likely N-dealkylation sites (tertiary alicyclic amines) is 1. The van der Waals surface area contributed by atoms with Crippen LogP contribution in [0.3, 0.4) is 0 Å². The number of amides is 1. The molecule has 1 N–H and O–H groups in total. The lowest BCUT2D eigenvalue weighted by Gasteiger charge is -2.29. The van der Waals surface area contributed by atoms with Crippen molar-refractivity contribution < 1.29 is 9.53 Å². The molecule has 2 fully saturated rings. The van der Waals surface area contributed by atoms with Gasteiger partial charge in [0.15, 0.2) is 0 Å². The van der Waals surface area contributed by atoms with E-state index in [0.29, 0.717) is 0 Å². The van der Waals surface area contributed by atoms with Crippen LogP contribution in [0.4, 0.5) is 4.79 Å². The summed E-state index contributed by atoms with van der Waals surface area (Å²) in [6.07, 6.45) is 7.51. The molecular weight excluding hydrogens is 240 g/mol. The largest absolute Gasteiger partial charge is 0.444 e. The summed E-state index contributed by atoms with van der Waals surface area (Å²) in [5.41, 5.74) is -0.367. The van der Waals surface area contributed by atoms with Gasteiger partial charge in [-0.1, -0.05) is 6.42 Å². The van der Waals surface area contributed by atoms with E-state index in [1.54, 1.807) is 4.90 Å². The van der Waals surface area contributed by atoms with Gasteiger partial charge in [-0.2, -0.15) is 0 Å². The number of hydrogen-bond acceptors (Lipinski definition) is 3. The minimum Gasteiger partial charge on any atom is -0.444 e. The van der Waals surface area contributed by atoms with Gasteiger partial charge in [-0.05, 0) is 66.0 Å². The third-order valence-electron chi connectivity index (χ3n) is 3.21. The van der Waals surface area contributed by atoms with Gasteiger partial charge in [-0.25, -0.2) is 4.79 Å². The Morgan fingerprint density at radius 1 is 0.947 bits per heavy atom. The first kappa shape index (κ1) is 16.3. The molecule has 0 aromatic carbocycles. The molecule has 1 amide bonds. The number of carbonyl (C=O) groups is 1. The Hall–Kier alpha value is -0.770. The lowest BCUT2D eigenvalue weighted by Crippen LogP contribution is -2.39. The molecule has 0 unspecified atom stereocenters. The van der Waals surface area contributed by atoms with Gasteiger partial charge in [-0.15, -0.1) is 0 Å². The summed E-state index contributed by atoms with van der Waals surface area (Å²) in [7, 11) is 0. The van der Waals surface area contributed by atoms with Gasteiger partial charge in [0, 0.05) is 13.1 Å². The molecule has 0 aliphatic carbocycles. The van der Waals surface area contributed by atoms with Crippen molar-refractivity contribution in [1.82, 2.24) is 10.2 Å². The van der Waals surface area contributed by atoms with E-state index in [2.05, 4.69) is 5.32 Å². The first-order valence-electron chi connectivity index (χ1n) is 7.68. The van der Waals surface area contributed by atoms with E-state index >= 15 is 0 Å². The maximum atomic E-state index is 11.5. The fourth-order valence-corrected chi connectivity index (χ4v) is 2.20. The monoisotopic (exact) mass is 270 g/mol. The van der Waals surface area contributed by atoms with Gasteiger partial charge in [0.2, 0.25) is 0 Å². The van der Waals surface area contributed by atoms with Crippen molar-refractivity contribution in [1.29, 1.82) is 0 Å². The molecule has 4 heteroatoms. The number of nitrogens with one attached hydrogen (secondary N) is 1. The number of carbonyl (C=O) groups excluding carboxylic acids is 1. The first-order chi connectivity index (χ1) is 8.99. The van der Waals surface area contributed by atoms with Crippen LogP contribution in [0.2, 0.25) is 0 Å². The Labute approximate surface area is 117 Å². The normalized spacial score (nSPS) is 20.3. The quantitative estimate of drug-likeness (QED) is 0.735. The van der Waals surface area contributed by atoms with Crippen LogP contribution < -0.4 is 5.32 Å². The highest BCUT2D eigenvalue weighted by Gasteiger charge is 2.22. The maximum absolute atomic E-state index is 11.5. The molecule has 2 rings (SSSR count). The van der Waals surface area contributed by atoms with Crippen LogP contribution in [0.15, 0.2) is 0 Å².